The fraction of sp³-hybridized carbons (Fsp3) is 0. The molecule has 0 bridgehead atoms. The number of hydrogen-bond acceptors (Lipinski definition) is 2. The number of halogens is 1. The molecule has 0 fully saturated rings. The van der Waals surface area contributed by atoms with Gasteiger partial charge in [-0.2, -0.15) is 0 Å². The van der Waals surface area contributed by atoms with E-state index in [2.05, 4.69) is 25.9 Å². The van der Waals surface area contributed by atoms with E-state index in [9.17, 15) is 4.79 Å². The van der Waals surface area contributed by atoms with Crippen LogP contribution in [0.1, 0.15) is 0 Å². The fourth-order valence-electron chi connectivity index (χ4n) is 1.12. The minimum Gasteiger partial charge on any atom is -0.399 e. The third-order valence-corrected chi connectivity index (χ3v) is 2.22. The molecule has 12 heavy (non-hydrogen) atoms. The van der Waals surface area contributed by atoms with Crippen LogP contribution >= 0.6 is 15.9 Å². The lowest BCUT2D eigenvalue weighted by molar-refractivity contribution is 1.21. The number of benzene rings is 1. The number of nitrogens with two attached hydrogens (primary N) is 1. The predicted molar refractivity (Wildman–Crippen MR) is 51.0 cm³/mol. The molecule has 0 atom stereocenters. The van der Waals surface area contributed by atoms with Gasteiger partial charge in [0.15, 0.2) is 0 Å². The van der Waals surface area contributed by atoms with Crippen LogP contribution < -0.4 is 11.4 Å². The maximum atomic E-state index is 10.9. The van der Waals surface area contributed by atoms with Crippen LogP contribution in [0.15, 0.2) is 21.4 Å². The number of anilines is 1. The molecule has 1 heterocycles. The molecule has 2 rings (SSSR count). The highest BCUT2D eigenvalue weighted by atomic mass is 79.9. The Morgan fingerprint density at radius 2 is 2.08 bits per heavy atom. The number of nitrogen functional groups attached to an aromatic ring is 1. The van der Waals surface area contributed by atoms with Crippen molar-refractivity contribution in [2.75, 3.05) is 5.73 Å². The first kappa shape index (κ1) is 7.42. The Kier molecular flexibility index (Phi) is 1.47. The summed E-state index contributed by atoms with van der Waals surface area (Å²) in [6.45, 7) is 0. The first-order chi connectivity index (χ1) is 5.66. The van der Waals surface area contributed by atoms with Crippen molar-refractivity contribution in [2.45, 2.75) is 0 Å². The topological polar surface area (TPSA) is 74.7 Å². The zero-order valence-corrected chi connectivity index (χ0v) is 7.60. The molecule has 5 heteroatoms. The summed E-state index contributed by atoms with van der Waals surface area (Å²) in [7, 11) is 0. The minimum absolute atomic E-state index is 0.226. The van der Waals surface area contributed by atoms with Crippen molar-refractivity contribution < 1.29 is 0 Å². The molecule has 0 aliphatic rings. The number of rotatable bonds is 0. The van der Waals surface area contributed by atoms with Crippen LogP contribution in [-0.4, -0.2) is 9.97 Å². The zero-order valence-electron chi connectivity index (χ0n) is 6.02. The molecular weight excluding hydrogens is 222 g/mol. The molecule has 1 aromatic carbocycles. The molecule has 0 amide bonds. The molecule has 0 radical (unpaired) electrons. The summed E-state index contributed by atoms with van der Waals surface area (Å²) in [6.07, 6.45) is 0. The molecule has 0 unspecified atom stereocenters. The van der Waals surface area contributed by atoms with E-state index in [4.69, 9.17) is 5.73 Å². The van der Waals surface area contributed by atoms with Crippen molar-refractivity contribution in [3.8, 4) is 0 Å². The van der Waals surface area contributed by atoms with E-state index >= 15 is 0 Å². The molecule has 4 nitrogen and oxygen atoms in total. The Morgan fingerprint density at radius 1 is 1.33 bits per heavy atom. The molecule has 0 saturated heterocycles. The van der Waals surface area contributed by atoms with Crippen molar-refractivity contribution in [3.63, 3.8) is 0 Å². The van der Waals surface area contributed by atoms with Crippen LogP contribution in [0.3, 0.4) is 0 Å². The van der Waals surface area contributed by atoms with E-state index in [1.165, 1.54) is 0 Å². The number of nitrogens with one attached hydrogen (secondary N) is 2. The molecule has 0 saturated carbocycles. The van der Waals surface area contributed by atoms with Crippen LogP contribution in [0.5, 0.6) is 0 Å². The Labute approximate surface area is 75.9 Å². The Balaban J connectivity index is 2.97. The number of aromatic amines is 2. The van der Waals surface area contributed by atoms with Gasteiger partial charge in [-0.05, 0) is 28.1 Å². The molecule has 1 aromatic heterocycles. The Morgan fingerprint density at radius 3 is 2.83 bits per heavy atom. The summed E-state index contributed by atoms with van der Waals surface area (Å²) in [6, 6.07) is 3.45. The van der Waals surface area contributed by atoms with Crippen molar-refractivity contribution in [2.24, 2.45) is 0 Å². The number of aromatic nitrogens is 2. The maximum absolute atomic E-state index is 10.9. The van der Waals surface area contributed by atoms with E-state index in [1.807, 2.05) is 0 Å². The average Bonchev–Trinajstić information content (AvgIpc) is 2.29. The highest BCUT2D eigenvalue weighted by molar-refractivity contribution is 9.10. The molecule has 2 aromatic rings. The quantitative estimate of drug-likeness (QED) is 0.592. The number of hydrogen-bond donors (Lipinski definition) is 3. The summed E-state index contributed by atoms with van der Waals surface area (Å²) in [5, 5.41) is 0. The van der Waals surface area contributed by atoms with Gasteiger partial charge in [-0.1, -0.05) is 0 Å². The minimum atomic E-state index is -0.226. The van der Waals surface area contributed by atoms with E-state index in [1.54, 1.807) is 12.1 Å². The van der Waals surface area contributed by atoms with Gasteiger partial charge in [0.05, 0.1) is 11.0 Å². The second-order valence-electron chi connectivity index (χ2n) is 2.50. The van der Waals surface area contributed by atoms with E-state index in [0.29, 0.717) is 11.2 Å². The first-order valence-corrected chi connectivity index (χ1v) is 4.13. The highest BCUT2D eigenvalue weighted by Crippen LogP contribution is 2.22. The average molecular weight is 228 g/mol. The van der Waals surface area contributed by atoms with Gasteiger partial charge in [0, 0.05) is 10.2 Å². The smallest absolute Gasteiger partial charge is 0.323 e. The van der Waals surface area contributed by atoms with Crippen molar-refractivity contribution in [3.05, 3.63) is 27.1 Å². The van der Waals surface area contributed by atoms with Crippen molar-refractivity contribution in [1.29, 1.82) is 0 Å². The summed E-state index contributed by atoms with van der Waals surface area (Å²) < 4.78 is 0.788. The molecule has 0 aliphatic carbocycles. The van der Waals surface area contributed by atoms with Crippen molar-refractivity contribution >= 4 is 32.7 Å². The van der Waals surface area contributed by atoms with Gasteiger partial charge in [0.25, 0.3) is 0 Å². The van der Waals surface area contributed by atoms with Crippen LogP contribution in [0, 0.1) is 0 Å². The molecular formula is C7H6BrN3O. The number of H-pyrrole nitrogens is 2. The van der Waals surface area contributed by atoms with E-state index in [0.717, 1.165) is 9.99 Å². The third-order valence-electron chi connectivity index (χ3n) is 1.60. The largest absolute Gasteiger partial charge is 0.399 e. The molecule has 62 valence electrons. The van der Waals surface area contributed by atoms with Crippen molar-refractivity contribution in [1.82, 2.24) is 9.97 Å². The second kappa shape index (κ2) is 2.38. The first-order valence-electron chi connectivity index (χ1n) is 3.34. The van der Waals surface area contributed by atoms with Gasteiger partial charge in [-0.3, -0.25) is 0 Å². The Bertz CT molecular complexity index is 485. The van der Waals surface area contributed by atoms with Gasteiger partial charge in [-0.15, -0.1) is 0 Å². The number of fused-ring (bicyclic) bond motifs is 1. The van der Waals surface area contributed by atoms with Gasteiger partial charge in [0.1, 0.15) is 0 Å². The van der Waals surface area contributed by atoms with Crippen LogP contribution in [-0.2, 0) is 0 Å². The van der Waals surface area contributed by atoms with E-state index in [-0.39, 0.29) is 5.69 Å². The monoisotopic (exact) mass is 227 g/mol. The summed E-state index contributed by atoms with van der Waals surface area (Å²) >= 11 is 3.29. The van der Waals surface area contributed by atoms with Gasteiger partial charge < -0.3 is 15.7 Å². The van der Waals surface area contributed by atoms with Crippen LogP contribution in [0.2, 0.25) is 0 Å². The lowest BCUT2D eigenvalue weighted by Gasteiger charge is -1.95. The Hall–Kier alpha value is -1.23. The zero-order chi connectivity index (χ0) is 8.72. The molecule has 0 spiro atoms. The molecule has 0 aliphatic heterocycles. The summed E-state index contributed by atoms with van der Waals surface area (Å²) in [5.41, 5.74) is 7.42. The number of imidazole rings is 1. The second-order valence-corrected chi connectivity index (χ2v) is 3.36. The van der Waals surface area contributed by atoms with Crippen LogP contribution in [0.4, 0.5) is 5.69 Å². The lowest BCUT2D eigenvalue weighted by atomic mass is 10.3. The van der Waals surface area contributed by atoms with Gasteiger partial charge >= 0.3 is 5.69 Å². The van der Waals surface area contributed by atoms with E-state index < -0.39 is 0 Å². The summed E-state index contributed by atoms with van der Waals surface area (Å²) in [4.78, 5) is 16.1. The lowest BCUT2D eigenvalue weighted by Crippen LogP contribution is -1.99. The van der Waals surface area contributed by atoms with Crippen LogP contribution in [0.25, 0.3) is 11.0 Å². The fourth-order valence-corrected chi connectivity index (χ4v) is 1.70. The van der Waals surface area contributed by atoms with Gasteiger partial charge in [-0.25, -0.2) is 4.79 Å². The summed E-state index contributed by atoms with van der Waals surface area (Å²) in [5.74, 6) is 0. The highest BCUT2D eigenvalue weighted by Gasteiger charge is 2.02. The molecule has 4 N–H and O–H groups in total. The SMILES string of the molecule is Nc1cc(Br)c2[nH]c(=O)[nH]c2c1. The predicted octanol–water partition coefficient (Wildman–Crippen LogP) is 1.20. The van der Waals surface area contributed by atoms with Gasteiger partial charge in [0.2, 0.25) is 0 Å². The third kappa shape index (κ3) is 1.02. The maximum Gasteiger partial charge on any atom is 0.323 e. The standard InChI is InChI=1S/C7H6BrN3O/c8-4-1-3(9)2-5-6(4)11-7(12)10-5/h1-2H,9H2,(H2,10,11,12). The normalized spacial score (nSPS) is 10.8.